The van der Waals surface area contributed by atoms with E-state index in [2.05, 4.69) is 4.74 Å². The maximum absolute atomic E-state index is 13.0. The number of rotatable bonds is 7. The third-order valence-corrected chi connectivity index (χ3v) is 2.57. The van der Waals surface area contributed by atoms with Crippen molar-refractivity contribution in [3.05, 3.63) is 0 Å². The fraction of sp³-hybridized carbons (Fsp3) is 0.889. The summed E-state index contributed by atoms with van der Waals surface area (Å²) in [4.78, 5) is 10.3. The van der Waals surface area contributed by atoms with Gasteiger partial charge in [-0.1, -0.05) is 0 Å². The molecule has 0 aromatic rings. The molecule has 0 aliphatic heterocycles. The SMILES string of the molecule is COC(=O)C(F)(F)C(F)(F)C(F)(F)OC(F)(F)C(F)(F)C(F)(F)C(F)(F)F. The molecule has 162 valence electrons. The molecule has 0 unspecified atom stereocenters. The molecule has 0 spiro atoms. The number of hydrogen-bond donors (Lipinski definition) is 0. The average Bonchev–Trinajstić information content (AvgIpc) is 2.42. The summed E-state index contributed by atoms with van der Waals surface area (Å²) in [5.74, 6) is -33.6. The number of carbonyl (C=O) groups excluding carboxylic acids is 1. The summed E-state index contributed by atoms with van der Waals surface area (Å²) in [5, 5.41) is 0. The van der Waals surface area contributed by atoms with Crippen molar-refractivity contribution in [2.24, 2.45) is 0 Å². The molecule has 0 heterocycles. The molecular formula is C9H3F15O3. The van der Waals surface area contributed by atoms with Gasteiger partial charge in [0.25, 0.3) is 0 Å². The van der Waals surface area contributed by atoms with Crippen LogP contribution in [0, 0.1) is 0 Å². The normalized spacial score (nSPS) is 15.7. The molecule has 0 saturated heterocycles. The number of methoxy groups -OCH3 is 1. The lowest BCUT2D eigenvalue weighted by Crippen LogP contribution is -2.66. The van der Waals surface area contributed by atoms with Crippen LogP contribution in [0.2, 0.25) is 0 Å². The first kappa shape index (κ1) is 25.4. The summed E-state index contributed by atoms with van der Waals surface area (Å²) in [6.07, 6.45) is -22.9. The lowest BCUT2D eigenvalue weighted by Gasteiger charge is -2.37. The molecule has 18 heteroatoms. The van der Waals surface area contributed by atoms with Crippen LogP contribution in [0.15, 0.2) is 0 Å². The van der Waals surface area contributed by atoms with E-state index in [4.69, 9.17) is 0 Å². The standard InChI is InChI=1S/C9H3F15O3/c1-26-2(25)3(10,11)4(12,13)8(21,22)27-9(23,24)6(16,17)5(14,15)7(18,19)20/h1H3. The van der Waals surface area contributed by atoms with Gasteiger partial charge in [-0.05, 0) is 0 Å². The molecule has 0 aliphatic carbocycles. The second-order valence-corrected chi connectivity index (χ2v) is 4.42. The molecule has 0 radical (unpaired) electrons. The minimum atomic E-state index is -7.97. The lowest BCUT2D eigenvalue weighted by molar-refractivity contribution is -0.511. The Morgan fingerprint density at radius 3 is 1.22 bits per heavy atom. The molecule has 3 nitrogen and oxygen atoms in total. The minimum Gasteiger partial charge on any atom is -0.464 e. The number of esters is 1. The van der Waals surface area contributed by atoms with Crippen LogP contribution in [0.5, 0.6) is 0 Å². The summed E-state index contributed by atoms with van der Waals surface area (Å²) in [5.41, 5.74) is 0. The summed E-state index contributed by atoms with van der Waals surface area (Å²) in [6, 6.07) is 0. The maximum Gasteiger partial charge on any atom is 0.460 e. The van der Waals surface area contributed by atoms with Crippen LogP contribution in [0.3, 0.4) is 0 Å². The molecule has 0 aliphatic rings. The van der Waals surface area contributed by atoms with E-state index in [1.54, 1.807) is 0 Å². The fourth-order valence-corrected chi connectivity index (χ4v) is 1.09. The average molecular weight is 444 g/mol. The summed E-state index contributed by atoms with van der Waals surface area (Å²) in [7, 11) is -0.0992. The van der Waals surface area contributed by atoms with Crippen molar-refractivity contribution in [2.45, 2.75) is 42.1 Å². The first-order valence-corrected chi connectivity index (χ1v) is 5.56. The highest BCUT2D eigenvalue weighted by Crippen LogP contribution is 2.56. The zero-order chi connectivity index (χ0) is 22.5. The monoisotopic (exact) mass is 444 g/mol. The molecule has 0 amide bonds. The lowest BCUT2D eigenvalue weighted by atomic mass is 10.1. The van der Waals surface area contributed by atoms with Gasteiger partial charge < -0.3 is 4.74 Å². The quantitative estimate of drug-likeness (QED) is 0.430. The van der Waals surface area contributed by atoms with Gasteiger partial charge in [0.05, 0.1) is 7.11 Å². The van der Waals surface area contributed by atoms with E-state index in [9.17, 15) is 70.7 Å². The Balaban J connectivity index is 6.14. The molecule has 0 bridgehead atoms. The van der Waals surface area contributed by atoms with Gasteiger partial charge in [0.1, 0.15) is 0 Å². The Bertz CT molecular complexity index is 563. The summed E-state index contributed by atoms with van der Waals surface area (Å²) in [6.45, 7) is 0. The minimum absolute atomic E-state index is 0.0992. The van der Waals surface area contributed by atoms with Crippen molar-refractivity contribution in [1.29, 1.82) is 0 Å². The van der Waals surface area contributed by atoms with Crippen molar-refractivity contribution in [3.8, 4) is 0 Å². The van der Waals surface area contributed by atoms with Crippen molar-refractivity contribution in [2.75, 3.05) is 7.11 Å². The van der Waals surface area contributed by atoms with Gasteiger partial charge in [0.15, 0.2) is 0 Å². The zero-order valence-corrected chi connectivity index (χ0v) is 11.9. The summed E-state index contributed by atoms with van der Waals surface area (Å²) >= 11 is 0. The van der Waals surface area contributed by atoms with Gasteiger partial charge in [-0.15, -0.1) is 0 Å². The van der Waals surface area contributed by atoms with E-state index in [1.165, 1.54) is 4.74 Å². The molecule has 0 rings (SSSR count). The Hall–Kier alpha value is -1.62. The van der Waals surface area contributed by atoms with Crippen LogP contribution in [-0.4, -0.2) is 55.2 Å². The molecule has 0 N–H and O–H groups in total. The maximum atomic E-state index is 13.0. The number of ether oxygens (including phenoxy) is 2. The van der Waals surface area contributed by atoms with Crippen LogP contribution in [0.1, 0.15) is 0 Å². The Labute approximate surface area is 137 Å². The van der Waals surface area contributed by atoms with Crippen molar-refractivity contribution >= 4 is 5.97 Å². The first-order valence-electron chi connectivity index (χ1n) is 5.56. The second kappa shape index (κ2) is 6.47. The number of carbonyl (C=O) groups is 1. The topological polar surface area (TPSA) is 35.5 Å². The van der Waals surface area contributed by atoms with Crippen LogP contribution >= 0.6 is 0 Å². The molecule has 0 aromatic heterocycles. The van der Waals surface area contributed by atoms with Crippen LogP contribution in [0.4, 0.5) is 65.9 Å². The van der Waals surface area contributed by atoms with Gasteiger partial charge in [-0.25, -0.2) is 9.53 Å². The molecule has 0 saturated carbocycles. The van der Waals surface area contributed by atoms with Gasteiger partial charge in [-0.2, -0.15) is 65.9 Å². The molecule has 0 aromatic carbocycles. The number of halogens is 15. The predicted molar refractivity (Wildman–Crippen MR) is 48.8 cm³/mol. The molecule has 0 atom stereocenters. The predicted octanol–water partition coefficient (Wildman–Crippen LogP) is 4.47. The highest BCUT2D eigenvalue weighted by Gasteiger charge is 2.86. The van der Waals surface area contributed by atoms with Gasteiger partial charge in [-0.3, -0.25) is 0 Å². The van der Waals surface area contributed by atoms with Crippen LogP contribution < -0.4 is 0 Å². The van der Waals surface area contributed by atoms with E-state index < -0.39 is 48.1 Å². The third kappa shape index (κ3) is 3.71. The number of hydrogen-bond acceptors (Lipinski definition) is 3. The largest absolute Gasteiger partial charge is 0.464 e. The van der Waals surface area contributed by atoms with E-state index >= 15 is 0 Å². The van der Waals surface area contributed by atoms with E-state index in [0.717, 1.165) is 0 Å². The Morgan fingerprint density at radius 1 is 0.593 bits per heavy atom. The number of alkyl halides is 15. The highest BCUT2D eigenvalue weighted by atomic mass is 19.4. The van der Waals surface area contributed by atoms with Crippen molar-refractivity contribution in [1.82, 2.24) is 0 Å². The van der Waals surface area contributed by atoms with Gasteiger partial charge in [0.2, 0.25) is 0 Å². The molecule has 0 fully saturated rings. The smallest absolute Gasteiger partial charge is 0.460 e. The molecule has 27 heavy (non-hydrogen) atoms. The Kier molecular flexibility index (Phi) is 6.08. The van der Waals surface area contributed by atoms with E-state index in [-0.39, 0.29) is 7.11 Å². The molecular weight excluding hydrogens is 441 g/mol. The zero-order valence-electron chi connectivity index (χ0n) is 11.9. The summed E-state index contributed by atoms with van der Waals surface area (Å²) < 4.78 is 193. The van der Waals surface area contributed by atoms with Crippen LogP contribution in [0.25, 0.3) is 0 Å². The van der Waals surface area contributed by atoms with Gasteiger partial charge >= 0.3 is 48.1 Å². The second-order valence-electron chi connectivity index (χ2n) is 4.42. The van der Waals surface area contributed by atoms with Crippen molar-refractivity contribution in [3.63, 3.8) is 0 Å². The van der Waals surface area contributed by atoms with Crippen molar-refractivity contribution < 1.29 is 80.1 Å². The highest BCUT2D eigenvalue weighted by molar-refractivity contribution is 5.79. The van der Waals surface area contributed by atoms with E-state index in [0.29, 0.717) is 0 Å². The fourth-order valence-electron chi connectivity index (χ4n) is 1.09. The van der Waals surface area contributed by atoms with E-state index in [1.807, 2.05) is 0 Å². The van der Waals surface area contributed by atoms with Crippen LogP contribution in [-0.2, 0) is 14.3 Å². The first-order chi connectivity index (χ1) is 11.4. The Morgan fingerprint density at radius 2 is 0.926 bits per heavy atom. The van der Waals surface area contributed by atoms with Gasteiger partial charge in [0, 0.05) is 0 Å². The third-order valence-electron chi connectivity index (χ3n) is 2.57.